The van der Waals surface area contributed by atoms with Crippen LogP contribution >= 0.6 is 8.03 Å². The van der Waals surface area contributed by atoms with E-state index in [4.69, 9.17) is 4.52 Å². The summed E-state index contributed by atoms with van der Waals surface area (Å²) in [6, 6.07) is 0. The molecule has 0 bridgehead atoms. The lowest BCUT2D eigenvalue weighted by Crippen LogP contribution is -1.96. The standard InChI is InChI=1S/C9H18O2P/c1-4-5-6-7-12(10)11-8-9(2)3/h4,9H,1,5-8H2,2-3H3/q+1. The van der Waals surface area contributed by atoms with Gasteiger partial charge in [-0.3, -0.25) is 0 Å². The predicted octanol–water partition coefficient (Wildman–Crippen LogP) is 3.37. The number of unbranched alkanes of at least 4 members (excludes halogenated alkanes) is 1. The van der Waals surface area contributed by atoms with Crippen LogP contribution in [0.4, 0.5) is 0 Å². The first-order valence-electron chi connectivity index (χ1n) is 4.35. The first-order valence-corrected chi connectivity index (χ1v) is 5.71. The van der Waals surface area contributed by atoms with Gasteiger partial charge in [0.05, 0.1) is 0 Å². The van der Waals surface area contributed by atoms with Crippen LogP contribution < -0.4 is 0 Å². The first kappa shape index (κ1) is 11.8. The molecule has 0 radical (unpaired) electrons. The third-order valence-corrected chi connectivity index (χ3v) is 2.42. The van der Waals surface area contributed by atoms with Gasteiger partial charge in [0.1, 0.15) is 6.61 Å². The molecule has 0 heterocycles. The minimum Gasteiger partial charge on any atom is -0.146 e. The van der Waals surface area contributed by atoms with Crippen LogP contribution in [0, 0.1) is 5.92 Å². The van der Waals surface area contributed by atoms with Gasteiger partial charge in [-0.1, -0.05) is 19.9 Å². The number of rotatable bonds is 7. The zero-order chi connectivity index (χ0) is 9.40. The summed E-state index contributed by atoms with van der Waals surface area (Å²) >= 11 is 0. The number of hydrogen-bond donors (Lipinski definition) is 0. The third kappa shape index (κ3) is 7.90. The average Bonchev–Trinajstić information content (AvgIpc) is 2.01. The van der Waals surface area contributed by atoms with Gasteiger partial charge in [-0.25, -0.2) is 0 Å². The van der Waals surface area contributed by atoms with E-state index < -0.39 is 8.03 Å². The Balaban J connectivity index is 3.27. The Morgan fingerprint density at radius 3 is 2.75 bits per heavy atom. The maximum Gasteiger partial charge on any atom is 0.508 e. The molecule has 0 saturated heterocycles. The second-order valence-corrected chi connectivity index (χ2v) is 4.55. The maximum absolute atomic E-state index is 11.1. The Bertz CT molecular complexity index is 143. The van der Waals surface area contributed by atoms with Gasteiger partial charge in [-0.15, -0.1) is 11.1 Å². The molecule has 0 fully saturated rings. The van der Waals surface area contributed by atoms with E-state index in [1.165, 1.54) is 0 Å². The molecule has 0 amide bonds. The zero-order valence-corrected chi connectivity index (χ0v) is 8.85. The molecule has 0 N–H and O–H groups in total. The van der Waals surface area contributed by atoms with E-state index in [1.807, 2.05) is 19.9 Å². The molecule has 0 aliphatic carbocycles. The molecule has 70 valence electrons. The first-order chi connectivity index (χ1) is 5.66. The van der Waals surface area contributed by atoms with Crippen molar-refractivity contribution in [3.8, 4) is 0 Å². The molecule has 2 nitrogen and oxygen atoms in total. The molecule has 0 spiro atoms. The quantitative estimate of drug-likeness (QED) is 0.348. The fraction of sp³-hybridized carbons (Fsp3) is 0.778. The van der Waals surface area contributed by atoms with Crippen molar-refractivity contribution in [2.24, 2.45) is 5.92 Å². The zero-order valence-electron chi connectivity index (χ0n) is 7.95. The monoisotopic (exact) mass is 189 g/mol. The van der Waals surface area contributed by atoms with Crippen molar-refractivity contribution in [1.29, 1.82) is 0 Å². The largest absolute Gasteiger partial charge is 0.508 e. The van der Waals surface area contributed by atoms with Crippen LogP contribution in [0.1, 0.15) is 26.7 Å². The van der Waals surface area contributed by atoms with Gasteiger partial charge in [0.2, 0.25) is 0 Å². The lowest BCUT2D eigenvalue weighted by molar-refractivity contribution is 0.282. The van der Waals surface area contributed by atoms with Gasteiger partial charge in [0.25, 0.3) is 0 Å². The van der Waals surface area contributed by atoms with E-state index in [2.05, 4.69) is 6.58 Å². The van der Waals surface area contributed by atoms with Crippen molar-refractivity contribution in [1.82, 2.24) is 0 Å². The van der Waals surface area contributed by atoms with Crippen LogP contribution in [0.25, 0.3) is 0 Å². The van der Waals surface area contributed by atoms with Crippen molar-refractivity contribution in [3.05, 3.63) is 12.7 Å². The molecule has 0 saturated carbocycles. The fourth-order valence-electron chi connectivity index (χ4n) is 0.661. The van der Waals surface area contributed by atoms with Crippen LogP contribution in [0.2, 0.25) is 0 Å². The number of allylic oxidation sites excluding steroid dienone is 1. The van der Waals surface area contributed by atoms with Gasteiger partial charge in [0, 0.05) is 0 Å². The molecule has 3 heteroatoms. The Kier molecular flexibility index (Phi) is 7.33. The van der Waals surface area contributed by atoms with Gasteiger partial charge in [-0.05, 0) is 23.3 Å². The lowest BCUT2D eigenvalue weighted by atomic mass is 10.2. The molecule has 0 aromatic rings. The van der Waals surface area contributed by atoms with Crippen molar-refractivity contribution in [2.75, 3.05) is 12.8 Å². The van der Waals surface area contributed by atoms with E-state index in [-0.39, 0.29) is 0 Å². The molecule has 12 heavy (non-hydrogen) atoms. The molecule has 1 atom stereocenters. The Hall–Kier alpha value is -0.200. The number of hydrogen-bond acceptors (Lipinski definition) is 2. The molecule has 0 aromatic heterocycles. The van der Waals surface area contributed by atoms with Crippen molar-refractivity contribution >= 4 is 8.03 Å². The highest BCUT2D eigenvalue weighted by Gasteiger charge is 2.16. The van der Waals surface area contributed by atoms with Crippen LogP contribution in [0.3, 0.4) is 0 Å². The van der Waals surface area contributed by atoms with Crippen molar-refractivity contribution in [3.63, 3.8) is 0 Å². The highest BCUT2D eigenvalue weighted by atomic mass is 31.1. The second kappa shape index (κ2) is 7.45. The van der Waals surface area contributed by atoms with Gasteiger partial charge in [-0.2, -0.15) is 0 Å². The summed E-state index contributed by atoms with van der Waals surface area (Å²) in [7, 11) is -1.42. The summed E-state index contributed by atoms with van der Waals surface area (Å²) in [5.41, 5.74) is 0. The molecule has 1 unspecified atom stereocenters. The van der Waals surface area contributed by atoms with Crippen LogP contribution in [0.15, 0.2) is 12.7 Å². The smallest absolute Gasteiger partial charge is 0.146 e. The maximum atomic E-state index is 11.1. The molecule has 0 aliphatic rings. The molecule has 0 rings (SSSR count). The van der Waals surface area contributed by atoms with Crippen molar-refractivity contribution in [2.45, 2.75) is 26.7 Å². The fourth-order valence-corrected chi connectivity index (χ4v) is 1.70. The lowest BCUT2D eigenvalue weighted by Gasteiger charge is -1.95. The van der Waals surface area contributed by atoms with E-state index in [0.29, 0.717) is 18.7 Å². The highest BCUT2D eigenvalue weighted by molar-refractivity contribution is 7.39. The minimum absolute atomic E-state index is 0.461. The van der Waals surface area contributed by atoms with E-state index in [9.17, 15) is 4.57 Å². The van der Waals surface area contributed by atoms with Crippen molar-refractivity contribution < 1.29 is 9.09 Å². The molecular weight excluding hydrogens is 171 g/mol. The Morgan fingerprint density at radius 2 is 2.25 bits per heavy atom. The normalized spacial score (nSPS) is 11.8. The van der Waals surface area contributed by atoms with E-state index in [1.54, 1.807) is 0 Å². The Labute approximate surface area is 75.9 Å². The summed E-state index contributed by atoms with van der Waals surface area (Å²) in [6.07, 6.45) is 4.34. The third-order valence-electron chi connectivity index (χ3n) is 1.30. The van der Waals surface area contributed by atoms with Gasteiger partial charge in [0.15, 0.2) is 6.16 Å². The average molecular weight is 189 g/mol. The van der Waals surface area contributed by atoms with Crippen LogP contribution in [-0.4, -0.2) is 12.8 Å². The van der Waals surface area contributed by atoms with E-state index in [0.717, 1.165) is 12.8 Å². The summed E-state index contributed by atoms with van der Waals surface area (Å²) in [6.45, 7) is 8.29. The minimum atomic E-state index is -1.42. The summed E-state index contributed by atoms with van der Waals surface area (Å²) in [5, 5.41) is 0. The predicted molar refractivity (Wildman–Crippen MR) is 52.7 cm³/mol. The van der Waals surface area contributed by atoms with Gasteiger partial charge < -0.3 is 0 Å². The summed E-state index contributed by atoms with van der Waals surface area (Å²) < 4.78 is 16.2. The summed E-state index contributed by atoms with van der Waals surface area (Å²) in [5.74, 6) is 0.461. The SMILES string of the molecule is C=CCCC[P+](=O)OCC(C)C. The molecule has 0 aromatic carbocycles. The molecular formula is C9H18O2P+. The molecule has 0 aliphatic heterocycles. The van der Waals surface area contributed by atoms with E-state index >= 15 is 0 Å². The Morgan fingerprint density at radius 1 is 1.58 bits per heavy atom. The summed E-state index contributed by atoms with van der Waals surface area (Å²) in [4.78, 5) is 0. The highest BCUT2D eigenvalue weighted by Crippen LogP contribution is 2.24. The van der Waals surface area contributed by atoms with Crippen LogP contribution in [0.5, 0.6) is 0 Å². The van der Waals surface area contributed by atoms with Gasteiger partial charge >= 0.3 is 8.03 Å². The second-order valence-electron chi connectivity index (χ2n) is 3.18. The topological polar surface area (TPSA) is 26.3 Å². The van der Waals surface area contributed by atoms with Crippen LogP contribution in [-0.2, 0) is 9.09 Å².